The monoisotopic (exact) mass is 190 g/mol. The standard InChI is InChI=1S/C7H10O6/c1-3-7(2,13-6(10)11)4-12-5(8)9/h3H,1,4H2,2H3,(H,8,9)(H,10,11). The Bertz CT molecular complexity index is 223. The molecule has 1 unspecified atom stereocenters. The van der Waals surface area contributed by atoms with Gasteiger partial charge in [0.1, 0.15) is 6.61 Å². The lowest BCUT2D eigenvalue weighted by Crippen LogP contribution is -2.34. The molecule has 0 aliphatic heterocycles. The van der Waals surface area contributed by atoms with Crippen molar-refractivity contribution in [1.82, 2.24) is 0 Å². The minimum Gasteiger partial charge on any atom is -0.450 e. The Morgan fingerprint density at radius 2 is 2.00 bits per heavy atom. The van der Waals surface area contributed by atoms with Crippen LogP contribution in [0.5, 0.6) is 0 Å². The van der Waals surface area contributed by atoms with Crippen molar-refractivity contribution in [2.24, 2.45) is 0 Å². The zero-order valence-electron chi connectivity index (χ0n) is 7.02. The van der Waals surface area contributed by atoms with Crippen LogP contribution in [0.15, 0.2) is 12.7 Å². The van der Waals surface area contributed by atoms with Crippen molar-refractivity contribution >= 4 is 12.3 Å². The van der Waals surface area contributed by atoms with Crippen LogP contribution in [0.2, 0.25) is 0 Å². The second kappa shape index (κ2) is 4.34. The van der Waals surface area contributed by atoms with Crippen molar-refractivity contribution in [2.45, 2.75) is 12.5 Å². The lowest BCUT2D eigenvalue weighted by Gasteiger charge is -2.22. The maximum atomic E-state index is 10.1. The third kappa shape index (κ3) is 4.67. The predicted molar refractivity (Wildman–Crippen MR) is 41.7 cm³/mol. The first-order chi connectivity index (χ1) is 5.89. The minimum atomic E-state index is -1.52. The zero-order valence-corrected chi connectivity index (χ0v) is 7.02. The van der Waals surface area contributed by atoms with Crippen molar-refractivity contribution < 1.29 is 29.3 Å². The normalized spacial score (nSPS) is 13.9. The molecule has 0 aromatic rings. The molecule has 0 aliphatic carbocycles. The van der Waals surface area contributed by atoms with Gasteiger partial charge in [-0.25, -0.2) is 9.59 Å². The molecule has 0 aliphatic rings. The Morgan fingerprint density at radius 3 is 2.31 bits per heavy atom. The number of hydrogen-bond donors (Lipinski definition) is 2. The van der Waals surface area contributed by atoms with E-state index in [0.717, 1.165) is 6.08 Å². The summed E-state index contributed by atoms with van der Waals surface area (Å²) >= 11 is 0. The molecule has 0 fully saturated rings. The van der Waals surface area contributed by atoms with Crippen LogP contribution in [-0.4, -0.2) is 34.7 Å². The molecule has 2 N–H and O–H groups in total. The first-order valence-electron chi connectivity index (χ1n) is 3.31. The Kier molecular flexibility index (Phi) is 3.77. The summed E-state index contributed by atoms with van der Waals surface area (Å²) in [5.41, 5.74) is -1.34. The first-order valence-corrected chi connectivity index (χ1v) is 3.31. The molecule has 0 rings (SSSR count). The summed E-state index contributed by atoms with van der Waals surface area (Å²) < 4.78 is 8.50. The molecule has 1 atom stereocenters. The van der Waals surface area contributed by atoms with E-state index in [1.165, 1.54) is 6.92 Å². The van der Waals surface area contributed by atoms with Crippen LogP contribution in [-0.2, 0) is 9.47 Å². The number of hydrogen-bond acceptors (Lipinski definition) is 4. The van der Waals surface area contributed by atoms with Gasteiger partial charge in [-0.2, -0.15) is 0 Å². The summed E-state index contributed by atoms with van der Waals surface area (Å²) in [7, 11) is 0. The molecule has 0 amide bonds. The van der Waals surface area contributed by atoms with Gasteiger partial charge in [0.05, 0.1) is 0 Å². The lowest BCUT2D eigenvalue weighted by molar-refractivity contribution is -0.0254. The SMILES string of the molecule is C=CC(C)(COC(=O)O)OC(=O)O. The van der Waals surface area contributed by atoms with Crippen molar-refractivity contribution in [3.05, 3.63) is 12.7 Å². The molecule has 13 heavy (non-hydrogen) atoms. The largest absolute Gasteiger partial charge is 0.506 e. The summed E-state index contributed by atoms with van der Waals surface area (Å²) in [6.07, 6.45) is -1.86. The van der Waals surface area contributed by atoms with E-state index in [2.05, 4.69) is 16.1 Å². The molecule has 6 heteroatoms. The van der Waals surface area contributed by atoms with Crippen LogP contribution in [0.4, 0.5) is 9.59 Å². The smallest absolute Gasteiger partial charge is 0.450 e. The number of carboxylic acid groups (broad SMARTS) is 2. The second-order valence-electron chi connectivity index (χ2n) is 2.44. The molecule has 6 nitrogen and oxygen atoms in total. The van der Waals surface area contributed by atoms with Crippen molar-refractivity contribution in [1.29, 1.82) is 0 Å². The van der Waals surface area contributed by atoms with Gasteiger partial charge in [-0.05, 0) is 13.0 Å². The van der Waals surface area contributed by atoms with E-state index in [9.17, 15) is 9.59 Å². The third-order valence-electron chi connectivity index (χ3n) is 1.23. The van der Waals surface area contributed by atoms with E-state index in [0.29, 0.717) is 0 Å². The Hall–Kier alpha value is -1.72. The van der Waals surface area contributed by atoms with Crippen LogP contribution in [0.1, 0.15) is 6.92 Å². The van der Waals surface area contributed by atoms with E-state index in [4.69, 9.17) is 10.2 Å². The number of ether oxygens (including phenoxy) is 2. The van der Waals surface area contributed by atoms with Gasteiger partial charge < -0.3 is 19.7 Å². The summed E-state index contributed by atoms with van der Waals surface area (Å²) in [6, 6.07) is 0. The second-order valence-corrected chi connectivity index (χ2v) is 2.44. The van der Waals surface area contributed by atoms with E-state index in [-0.39, 0.29) is 0 Å². The maximum Gasteiger partial charge on any atom is 0.506 e. The van der Waals surface area contributed by atoms with Gasteiger partial charge >= 0.3 is 12.3 Å². The minimum absolute atomic E-state index is 0.419. The van der Waals surface area contributed by atoms with E-state index >= 15 is 0 Å². The number of rotatable bonds is 4. The molecule has 0 bridgehead atoms. The van der Waals surface area contributed by atoms with Crippen molar-refractivity contribution in [3.63, 3.8) is 0 Å². The van der Waals surface area contributed by atoms with Gasteiger partial charge in [-0.3, -0.25) is 0 Å². The first kappa shape index (κ1) is 11.3. The Morgan fingerprint density at radius 1 is 1.46 bits per heavy atom. The molecule has 0 spiro atoms. The molecule has 0 saturated heterocycles. The van der Waals surface area contributed by atoms with E-state index < -0.39 is 24.5 Å². The van der Waals surface area contributed by atoms with E-state index in [1.807, 2.05) is 0 Å². The average Bonchev–Trinajstić information content (AvgIpc) is 2.00. The van der Waals surface area contributed by atoms with Gasteiger partial charge in [0, 0.05) is 0 Å². The maximum absolute atomic E-state index is 10.1. The van der Waals surface area contributed by atoms with Crippen LogP contribution in [0, 0.1) is 0 Å². The quantitative estimate of drug-likeness (QED) is 0.513. The molecule has 0 heterocycles. The van der Waals surface area contributed by atoms with Crippen LogP contribution >= 0.6 is 0 Å². The highest BCUT2D eigenvalue weighted by Crippen LogP contribution is 2.12. The highest BCUT2D eigenvalue weighted by Gasteiger charge is 2.27. The van der Waals surface area contributed by atoms with Crippen molar-refractivity contribution in [2.75, 3.05) is 6.61 Å². The molecule has 0 radical (unpaired) electrons. The zero-order chi connectivity index (χ0) is 10.5. The molecule has 0 aromatic carbocycles. The summed E-state index contributed by atoms with van der Waals surface area (Å²) in [5.74, 6) is 0. The average molecular weight is 190 g/mol. The van der Waals surface area contributed by atoms with Gasteiger partial charge in [0.15, 0.2) is 5.60 Å². The molecule has 74 valence electrons. The topological polar surface area (TPSA) is 93.1 Å². The highest BCUT2D eigenvalue weighted by molar-refractivity contribution is 5.59. The molecular weight excluding hydrogens is 180 g/mol. The molecule has 0 aromatic heterocycles. The van der Waals surface area contributed by atoms with Crippen LogP contribution in [0.25, 0.3) is 0 Å². The van der Waals surface area contributed by atoms with Gasteiger partial charge in [-0.15, -0.1) is 0 Å². The van der Waals surface area contributed by atoms with Crippen LogP contribution < -0.4 is 0 Å². The highest BCUT2D eigenvalue weighted by atomic mass is 16.7. The fourth-order valence-electron chi connectivity index (χ4n) is 0.535. The van der Waals surface area contributed by atoms with Crippen LogP contribution in [0.3, 0.4) is 0 Å². The van der Waals surface area contributed by atoms with Crippen molar-refractivity contribution in [3.8, 4) is 0 Å². The summed E-state index contributed by atoms with van der Waals surface area (Å²) in [5, 5.41) is 16.4. The fraction of sp³-hybridized carbons (Fsp3) is 0.429. The van der Waals surface area contributed by atoms with Gasteiger partial charge in [-0.1, -0.05) is 6.58 Å². The Balaban J connectivity index is 4.19. The summed E-state index contributed by atoms with van der Waals surface area (Å²) in [4.78, 5) is 20.1. The third-order valence-corrected chi connectivity index (χ3v) is 1.23. The van der Waals surface area contributed by atoms with Gasteiger partial charge in [0.2, 0.25) is 0 Å². The van der Waals surface area contributed by atoms with Gasteiger partial charge in [0.25, 0.3) is 0 Å². The predicted octanol–water partition coefficient (Wildman–Crippen LogP) is 1.32. The fourth-order valence-corrected chi connectivity index (χ4v) is 0.535. The molecular formula is C7H10O6. The lowest BCUT2D eigenvalue weighted by atomic mass is 10.1. The Labute approximate surface area is 74.4 Å². The number of carbonyl (C=O) groups is 2. The summed E-state index contributed by atoms with van der Waals surface area (Å²) in [6.45, 7) is 4.23. The van der Waals surface area contributed by atoms with E-state index in [1.54, 1.807) is 0 Å². The molecule has 0 saturated carbocycles.